The minimum Gasteiger partial charge on any atom is -0.479 e. The number of rotatable bonds is 4. The number of aliphatic carboxylic acids is 1. The molecule has 0 aliphatic heterocycles. The molecule has 1 unspecified atom stereocenters. The van der Waals surface area contributed by atoms with Crippen molar-refractivity contribution in [3.05, 3.63) is 59.7 Å². The van der Waals surface area contributed by atoms with Crippen LogP contribution in [0.2, 0.25) is 0 Å². The number of nitrogens with one attached hydrogen (secondary N) is 1. The third-order valence-corrected chi connectivity index (χ3v) is 3.20. The number of hydrogen-bond donors (Lipinski definition) is 2. The molecule has 0 fully saturated rings. The Bertz CT molecular complexity index is 628. The van der Waals surface area contributed by atoms with Crippen LogP contribution >= 0.6 is 0 Å². The Kier molecular flexibility index (Phi) is 3.70. The van der Waals surface area contributed by atoms with Crippen LogP contribution in [0.15, 0.2) is 42.6 Å². The third kappa shape index (κ3) is 2.61. The number of aryl methyl sites for hydroxylation is 1. The van der Waals surface area contributed by atoms with Gasteiger partial charge in [-0.15, -0.1) is 0 Å². The van der Waals surface area contributed by atoms with Crippen molar-refractivity contribution >= 4 is 11.7 Å². The maximum Gasteiger partial charge on any atom is 0.335 e. The van der Waals surface area contributed by atoms with Crippen LogP contribution in [-0.2, 0) is 10.3 Å². The van der Waals surface area contributed by atoms with E-state index in [4.69, 9.17) is 0 Å². The van der Waals surface area contributed by atoms with Gasteiger partial charge in [0.2, 0.25) is 0 Å². The molecule has 0 saturated carbocycles. The Balaban J connectivity index is 2.43. The Hall–Kier alpha value is -2.43. The fraction of sp³-hybridized carbons (Fsp3) is 0.200. The zero-order valence-corrected chi connectivity index (χ0v) is 11.2. The summed E-state index contributed by atoms with van der Waals surface area (Å²) >= 11 is 0. The molecule has 0 radical (unpaired) electrons. The van der Waals surface area contributed by atoms with Crippen LogP contribution in [0.5, 0.6) is 0 Å². The molecule has 1 heterocycles. The van der Waals surface area contributed by atoms with Crippen molar-refractivity contribution < 1.29 is 14.3 Å². The molecule has 2 aromatic rings. The van der Waals surface area contributed by atoms with Crippen LogP contribution in [0.4, 0.5) is 10.1 Å². The molecule has 0 spiro atoms. The Morgan fingerprint density at radius 1 is 1.30 bits per heavy atom. The number of carboxylic acid groups (broad SMARTS) is 1. The Morgan fingerprint density at radius 3 is 2.55 bits per heavy atom. The van der Waals surface area contributed by atoms with E-state index in [1.54, 1.807) is 6.07 Å². The number of pyridine rings is 1. The average Bonchev–Trinajstić information content (AvgIpc) is 2.42. The number of carbonyl (C=O) groups is 1. The van der Waals surface area contributed by atoms with Crippen molar-refractivity contribution in [2.45, 2.75) is 19.4 Å². The van der Waals surface area contributed by atoms with Crippen LogP contribution < -0.4 is 5.32 Å². The van der Waals surface area contributed by atoms with Crippen molar-refractivity contribution in [2.75, 3.05) is 5.32 Å². The summed E-state index contributed by atoms with van der Waals surface area (Å²) in [6.07, 6.45) is 1.01. The smallest absolute Gasteiger partial charge is 0.335 e. The number of hydrogen-bond acceptors (Lipinski definition) is 3. The lowest BCUT2D eigenvalue weighted by molar-refractivity contribution is -0.142. The molecule has 104 valence electrons. The van der Waals surface area contributed by atoms with Crippen LogP contribution in [0.3, 0.4) is 0 Å². The summed E-state index contributed by atoms with van der Waals surface area (Å²) in [4.78, 5) is 15.5. The van der Waals surface area contributed by atoms with Gasteiger partial charge in [-0.05, 0) is 37.6 Å². The highest BCUT2D eigenvalue weighted by Gasteiger charge is 2.37. The largest absolute Gasteiger partial charge is 0.479 e. The highest BCUT2D eigenvalue weighted by atomic mass is 19.1. The van der Waals surface area contributed by atoms with Crippen LogP contribution in [0.25, 0.3) is 0 Å². The molecule has 2 N–H and O–H groups in total. The van der Waals surface area contributed by atoms with Crippen molar-refractivity contribution in [2.24, 2.45) is 0 Å². The van der Waals surface area contributed by atoms with Crippen molar-refractivity contribution in [1.29, 1.82) is 0 Å². The minimum absolute atomic E-state index is 0.245. The lowest BCUT2D eigenvalue weighted by Gasteiger charge is -2.27. The highest BCUT2D eigenvalue weighted by Crippen LogP contribution is 2.27. The molecule has 1 aromatic heterocycles. The molecule has 0 saturated heterocycles. The number of para-hydroxylation sites is 1. The van der Waals surface area contributed by atoms with Gasteiger partial charge in [0.15, 0.2) is 5.54 Å². The second kappa shape index (κ2) is 5.28. The van der Waals surface area contributed by atoms with Crippen LogP contribution in [0, 0.1) is 12.7 Å². The van der Waals surface area contributed by atoms with Gasteiger partial charge in [0.1, 0.15) is 5.82 Å². The van der Waals surface area contributed by atoms with E-state index in [-0.39, 0.29) is 5.69 Å². The molecule has 0 aliphatic carbocycles. The topological polar surface area (TPSA) is 62.2 Å². The summed E-state index contributed by atoms with van der Waals surface area (Å²) in [6, 6.07) is 9.92. The second-order valence-corrected chi connectivity index (χ2v) is 4.73. The summed E-state index contributed by atoms with van der Waals surface area (Å²) in [5.74, 6) is -1.59. The molecular weight excluding hydrogens is 259 g/mol. The average molecular weight is 274 g/mol. The number of carboxylic acids is 1. The monoisotopic (exact) mass is 274 g/mol. The Labute approximate surface area is 116 Å². The highest BCUT2D eigenvalue weighted by molar-refractivity contribution is 5.83. The molecule has 20 heavy (non-hydrogen) atoms. The quantitative estimate of drug-likeness (QED) is 0.899. The van der Waals surface area contributed by atoms with Gasteiger partial charge in [-0.1, -0.05) is 18.2 Å². The first-order valence-electron chi connectivity index (χ1n) is 6.13. The number of halogens is 1. The number of anilines is 1. The van der Waals surface area contributed by atoms with E-state index >= 15 is 0 Å². The van der Waals surface area contributed by atoms with Gasteiger partial charge in [0.05, 0.1) is 11.9 Å². The standard InChI is InChI=1S/C15H15FN2O2/c1-10-5-3-4-6-12(10)18-15(2,14(19)20)13-8-7-11(16)9-17-13/h3-9,18H,1-2H3,(H,19,20). The van der Waals surface area contributed by atoms with Gasteiger partial charge in [-0.25, -0.2) is 9.18 Å². The maximum absolute atomic E-state index is 12.9. The van der Waals surface area contributed by atoms with Crippen molar-refractivity contribution in [1.82, 2.24) is 4.98 Å². The molecule has 0 aliphatic rings. The summed E-state index contributed by atoms with van der Waals surface area (Å²) < 4.78 is 12.9. The zero-order chi connectivity index (χ0) is 14.8. The molecular formula is C15H15FN2O2. The molecule has 1 aromatic carbocycles. The molecule has 5 heteroatoms. The predicted octanol–water partition coefficient (Wildman–Crippen LogP) is 2.94. The molecule has 0 amide bonds. The summed E-state index contributed by atoms with van der Waals surface area (Å²) in [6.45, 7) is 3.38. The van der Waals surface area contributed by atoms with Gasteiger partial charge in [0, 0.05) is 5.69 Å². The maximum atomic E-state index is 12.9. The Morgan fingerprint density at radius 2 is 2.00 bits per heavy atom. The fourth-order valence-electron chi connectivity index (χ4n) is 1.88. The zero-order valence-electron chi connectivity index (χ0n) is 11.2. The molecule has 4 nitrogen and oxygen atoms in total. The first kappa shape index (κ1) is 14.0. The first-order chi connectivity index (χ1) is 9.43. The van der Waals surface area contributed by atoms with E-state index < -0.39 is 17.3 Å². The lowest BCUT2D eigenvalue weighted by atomic mass is 9.96. The van der Waals surface area contributed by atoms with E-state index in [0.717, 1.165) is 11.8 Å². The summed E-state index contributed by atoms with van der Waals surface area (Å²) in [7, 11) is 0. The van der Waals surface area contributed by atoms with Gasteiger partial charge in [-0.3, -0.25) is 4.98 Å². The number of nitrogens with zero attached hydrogens (tertiary/aromatic N) is 1. The van der Waals surface area contributed by atoms with Crippen molar-refractivity contribution in [3.63, 3.8) is 0 Å². The van der Waals surface area contributed by atoms with E-state index in [0.29, 0.717) is 5.69 Å². The van der Waals surface area contributed by atoms with E-state index in [1.807, 2.05) is 25.1 Å². The van der Waals surface area contributed by atoms with Crippen LogP contribution in [-0.4, -0.2) is 16.1 Å². The molecule has 2 rings (SSSR count). The molecule has 0 bridgehead atoms. The number of benzene rings is 1. The SMILES string of the molecule is Cc1ccccc1NC(C)(C(=O)O)c1ccc(F)cn1. The van der Waals surface area contributed by atoms with Gasteiger partial charge < -0.3 is 10.4 Å². The van der Waals surface area contributed by atoms with E-state index in [2.05, 4.69) is 10.3 Å². The molecule has 1 atom stereocenters. The minimum atomic E-state index is -1.43. The second-order valence-electron chi connectivity index (χ2n) is 4.73. The van der Waals surface area contributed by atoms with E-state index in [1.165, 1.54) is 19.1 Å². The lowest BCUT2D eigenvalue weighted by Crippen LogP contribution is -2.41. The summed E-state index contributed by atoms with van der Waals surface area (Å²) in [5, 5.41) is 12.5. The number of aromatic nitrogens is 1. The van der Waals surface area contributed by atoms with E-state index in [9.17, 15) is 14.3 Å². The first-order valence-corrected chi connectivity index (χ1v) is 6.13. The van der Waals surface area contributed by atoms with Gasteiger partial charge in [0.25, 0.3) is 0 Å². The normalized spacial score (nSPS) is 13.6. The van der Waals surface area contributed by atoms with Gasteiger partial charge in [-0.2, -0.15) is 0 Å². The predicted molar refractivity (Wildman–Crippen MR) is 74.0 cm³/mol. The fourth-order valence-corrected chi connectivity index (χ4v) is 1.88. The summed E-state index contributed by atoms with van der Waals surface area (Å²) in [5.41, 5.74) is 0.431. The third-order valence-electron chi connectivity index (χ3n) is 3.20. The van der Waals surface area contributed by atoms with Crippen LogP contribution in [0.1, 0.15) is 18.2 Å². The van der Waals surface area contributed by atoms with Crippen molar-refractivity contribution in [3.8, 4) is 0 Å². The van der Waals surface area contributed by atoms with Gasteiger partial charge >= 0.3 is 5.97 Å².